The molecule has 1 amide bonds. The number of fused-ring (bicyclic) bond motifs is 1. The monoisotopic (exact) mass is 364 g/mol. The lowest BCUT2D eigenvalue weighted by molar-refractivity contribution is 0.103. The second-order valence-electron chi connectivity index (χ2n) is 5.17. The topological polar surface area (TPSA) is 75.3 Å². The molecule has 0 aliphatic carbocycles. The molecular formula is C16H13FN2O3S2. The molecule has 0 saturated heterocycles. The number of thiophene rings is 1. The molecule has 1 aromatic heterocycles. The Bertz CT molecular complexity index is 1030. The number of sulfonamides is 1. The number of halogens is 1. The maximum absolute atomic E-state index is 13.7. The molecule has 0 radical (unpaired) electrons. The van der Waals surface area contributed by atoms with Crippen molar-refractivity contribution in [3.8, 4) is 0 Å². The van der Waals surface area contributed by atoms with Crippen molar-refractivity contribution in [2.45, 2.75) is 0 Å². The fourth-order valence-electron chi connectivity index (χ4n) is 2.20. The number of hydrogen-bond acceptors (Lipinski definition) is 4. The Morgan fingerprint density at radius 2 is 1.79 bits per heavy atom. The minimum atomic E-state index is -3.40. The smallest absolute Gasteiger partial charge is 0.265 e. The van der Waals surface area contributed by atoms with Crippen LogP contribution in [0.4, 0.5) is 15.8 Å². The van der Waals surface area contributed by atoms with E-state index >= 15 is 0 Å². The average molecular weight is 364 g/mol. The Labute approximate surface area is 142 Å². The summed E-state index contributed by atoms with van der Waals surface area (Å²) in [4.78, 5) is 12.7. The molecule has 0 spiro atoms. The Balaban J connectivity index is 1.83. The van der Waals surface area contributed by atoms with Crippen LogP contribution in [0.3, 0.4) is 0 Å². The number of hydrogen-bond donors (Lipinski definition) is 2. The summed E-state index contributed by atoms with van der Waals surface area (Å²) in [6.45, 7) is 0. The zero-order valence-corrected chi connectivity index (χ0v) is 14.2. The van der Waals surface area contributed by atoms with Gasteiger partial charge in [-0.1, -0.05) is 12.1 Å². The van der Waals surface area contributed by atoms with E-state index in [0.717, 1.165) is 6.26 Å². The molecule has 3 rings (SSSR count). The van der Waals surface area contributed by atoms with Crippen molar-refractivity contribution in [1.82, 2.24) is 0 Å². The summed E-state index contributed by atoms with van der Waals surface area (Å²) in [5.41, 5.74) is 0.782. The number of benzene rings is 2. The first kappa shape index (κ1) is 16.4. The van der Waals surface area contributed by atoms with Gasteiger partial charge in [0.05, 0.1) is 16.8 Å². The van der Waals surface area contributed by atoms with Gasteiger partial charge in [-0.15, -0.1) is 11.3 Å². The van der Waals surface area contributed by atoms with E-state index in [1.54, 1.807) is 30.3 Å². The molecule has 8 heteroatoms. The normalized spacial score (nSPS) is 11.4. The molecule has 24 heavy (non-hydrogen) atoms. The summed E-state index contributed by atoms with van der Waals surface area (Å²) >= 11 is 1.19. The third-order valence-corrected chi connectivity index (χ3v) is 4.86. The molecule has 0 atom stereocenters. The Morgan fingerprint density at radius 1 is 1.08 bits per heavy atom. The number of carbonyl (C=O) groups is 1. The average Bonchev–Trinajstić information content (AvgIpc) is 2.91. The van der Waals surface area contributed by atoms with Crippen molar-refractivity contribution in [1.29, 1.82) is 0 Å². The van der Waals surface area contributed by atoms with Gasteiger partial charge in [0.15, 0.2) is 0 Å². The van der Waals surface area contributed by atoms with Crippen molar-refractivity contribution in [3.05, 3.63) is 59.2 Å². The lowest BCUT2D eigenvalue weighted by Crippen LogP contribution is -2.12. The first-order valence-corrected chi connectivity index (χ1v) is 9.60. The van der Waals surface area contributed by atoms with Gasteiger partial charge in [0.25, 0.3) is 5.91 Å². The van der Waals surface area contributed by atoms with Crippen LogP contribution in [0.5, 0.6) is 0 Å². The predicted molar refractivity (Wildman–Crippen MR) is 94.6 cm³/mol. The van der Waals surface area contributed by atoms with Gasteiger partial charge in [-0.05, 0) is 36.4 Å². The van der Waals surface area contributed by atoms with Gasteiger partial charge < -0.3 is 5.32 Å². The van der Waals surface area contributed by atoms with Gasteiger partial charge in [0.2, 0.25) is 10.0 Å². The molecule has 0 bridgehead atoms. The van der Waals surface area contributed by atoms with Gasteiger partial charge in [-0.2, -0.15) is 0 Å². The summed E-state index contributed by atoms with van der Waals surface area (Å²) in [5, 5.41) is 3.08. The summed E-state index contributed by atoms with van der Waals surface area (Å²) < 4.78 is 39.2. The van der Waals surface area contributed by atoms with Gasteiger partial charge >= 0.3 is 0 Å². The minimum absolute atomic E-state index is 0.345. The fraction of sp³-hybridized carbons (Fsp3) is 0.0625. The number of anilines is 2. The highest BCUT2D eigenvalue weighted by Gasteiger charge is 2.13. The SMILES string of the molecule is CS(=O)(=O)Nc1cccc(NC(=O)c2cc3c(F)cccc3s2)c1. The lowest BCUT2D eigenvalue weighted by atomic mass is 10.2. The van der Waals surface area contributed by atoms with Crippen LogP contribution in [0.15, 0.2) is 48.5 Å². The highest BCUT2D eigenvalue weighted by molar-refractivity contribution is 7.92. The summed E-state index contributed by atoms with van der Waals surface area (Å²) in [6.07, 6.45) is 1.05. The molecule has 0 aliphatic heterocycles. The van der Waals surface area contributed by atoms with E-state index < -0.39 is 10.0 Å². The Hall–Kier alpha value is -2.45. The molecule has 2 N–H and O–H groups in total. The summed E-state index contributed by atoms with van der Waals surface area (Å²) in [7, 11) is -3.40. The van der Waals surface area contributed by atoms with Crippen LogP contribution in [0.1, 0.15) is 9.67 Å². The van der Waals surface area contributed by atoms with E-state index in [2.05, 4.69) is 10.0 Å². The predicted octanol–water partition coefficient (Wildman–Crippen LogP) is 3.66. The van der Waals surface area contributed by atoms with Crippen molar-refractivity contribution in [2.75, 3.05) is 16.3 Å². The molecule has 0 fully saturated rings. The van der Waals surface area contributed by atoms with Crippen LogP contribution >= 0.6 is 11.3 Å². The van der Waals surface area contributed by atoms with Crippen LogP contribution < -0.4 is 10.0 Å². The van der Waals surface area contributed by atoms with Crippen molar-refractivity contribution in [2.24, 2.45) is 0 Å². The van der Waals surface area contributed by atoms with Gasteiger partial charge in [-0.3, -0.25) is 9.52 Å². The van der Waals surface area contributed by atoms with Crippen LogP contribution in [-0.4, -0.2) is 20.6 Å². The summed E-state index contributed by atoms with van der Waals surface area (Å²) in [6, 6.07) is 12.5. The van der Waals surface area contributed by atoms with Crippen LogP contribution in [0.2, 0.25) is 0 Å². The van der Waals surface area contributed by atoms with Crippen LogP contribution in [-0.2, 0) is 10.0 Å². The first-order valence-electron chi connectivity index (χ1n) is 6.89. The summed E-state index contributed by atoms with van der Waals surface area (Å²) in [5.74, 6) is -0.755. The Morgan fingerprint density at radius 3 is 2.50 bits per heavy atom. The minimum Gasteiger partial charge on any atom is -0.321 e. The largest absolute Gasteiger partial charge is 0.321 e. The van der Waals surface area contributed by atoms with Crippen LogP contribution in [0.25, 0.3) is 10.1 Å². The molecule has 3 aromatic rings. The van der Waals surface area contributed by atoms with E-state index in [-0.39, 0.29) is 11.7 Å². The zero-order valence-electron chi connectivity index (χ0n) is 12.5. The fourth-order valence-corrected chi connectivity index (χ4v) is 3.73. The van der Waals surface area contributed by atoms with Crippen LogP contribution in [0, 0.1) is 5.82 Å². The first-order chi connectivity index (χ1) is 11.3. The van der Waals surface area contributed by atoms with E-state index in [9.17, 15) is 17.6 Å². The maximum atomic E-state index is 13.7. The van der Waals surface area contributed by atoms with Gasteiger partial charge in [0, 0.05) is 15.8 Å². The third kappa shape index (κ3) is 3.72. The highest BCUT2D eigenvalue weighted by atomic mass is 32.2. The second-order valence-corrected chi connectivity index (χ2v) is 8.00. The van der Waals surface area contributed by atoms with E-state index in [1.165, 1.54) is 29.5 Å². The third-order valence-electron chi connectivity index (χ3n) is 3.16. The molecular weight excluding hydrogens is 351 g/mol. The quantitative estimate of drug-likeness (QED) is 0.742. The highest BCUT2D eigenvalue weighted by Crippen LogP contribution is 2.28. The van der Waals surface area contributed by atoms with Crippen molar-refractivity contribution >= 4 is 48.7 Å². The molecule has 0 aliphatic rings. The van der Waals surface area contributed by atoms with E-state index in [0.29, 0.717) is 26.3 Å². The molecule has 5 nitrogen and oxygen atoms in total. The number of rotatable bonds is 4. The number of amides is 1. The molecule has 2 aromatic carbocycles. The second kappa shape index (κ2) is 6.21. The standard InChI is InChI=1S/C16H13FN2O3S2/c1-24(21,22)19-11-5-2-4-10(8-11)18-16(20)15-9-12-13(17)6-3-7-14(12)23-15/h2-9,19H,1H3,(H,18,20). The van der Waals surface area contributed by atoms with Gasteiger partial charge in [-0.25, -0.2) is 12.8 Å². The van der Waals surface area contributed by atoms with E-state index in [1.807, 2.05) is 0 Å². The molecule has 1 heterocycles. The maximum Gasteiger partial charge on any atom is 0.265 e. The lowest BCUT2D eigenvalue weighted by Gasteiger charge is -2.07. The van der Waals surface area contributed by atoms with E-state index in [4.69, 9.17) is 0 Å². The molecule has 0 unspecified atom stereocenters. The molecule has 124 valence electrons. The van der Waals surface area contributed by atoms with Gasteiger partial charge in [0.1, 0.15) is 5.82 Å². The number of carbonyl (C=O) groups excluding carboxylic acids is 1. The zero-order chi connectivity index (χ0) is 17.3. The number of nitrogens with one attached hydrogen (secondary N) is 2. The van der Waals surface area contributed by atoms with Crippen molar-refractivity contribution < 1.29 is 17.6 Å². The van der Waals surface area contributed by atoms with Crippen molar-refractivity contribution in [3.63, 3.8) is 0 Å². The Kier molecular flexibility index (Phi) is 4.25. The molecule has 0 saturated carbocycles.